The summed E-state index contributed by atoms with van der Waals surface area (Å²) >= 11 is 0. The van der Waals surface area contributed by atoms with E-state index in [0.29, 0.717) is 17.9 Å². The summed E-state index contributed by atoms with van der Waals surface area (Å²) in [6.07, 6.45) is -0.711. The molecule has 1 atom stereocenters. The molecule has 0 aliphatic rings. The van der Waals surface area contributed by atoms with Crippen molar-refractivity contribution in [3.05, 3.63) is 65.7 Å². The lowest BCUT2D eigenvalue weighted by Gasteiger charge is -2.13. The highest BCUT2D eigenvalue weighted by atomic mass is 16.6. The Morgan fingerprint density at radius 1 is 1.04 bits per heavy atom. The quantitative estimate of drug-likeness (QED) is 0.790. The molecule has 132 valence electrons. The van der Waals surface area contributed by atoms with Crippen molar-refractivity contribution in [3.8, 4) is 5.75 Å². The van der Waals surface area contributed by atoms with Gasteiger partial charge in [-0.25, -0.2) is 10.2 Å². The number of rotatable bonds is 6. The molecule has 0 saturated heterocycles. The monoisotopic (exact) mass is 342 g/mol. The van der Waals surface area contributed by atoms with Gasteiger partial charge >= 0.3 is 6.09 Å². The molecule has 2 aromatic rings. The molecule has 1 unspecified atom stereocenters. The van der Waals surface area contributed by atoms with E-state index < -0.39 is 12.0 Å². The van der Waals surface area contributed by atoms with Crippen molar-refractivity contribution in [2.45, 2.75) is 19.8 Å². The van der Waals surface area contributed by atoms with E-state index >= 15 is 0 Å². The summed E-state index contributed by atoms with van der Waals surface area (Å²) < 4.78 is 10.5. The van der Waals surface area contributed by atoms with Gasteiger partial charge in [0.2, 0.25) is 0 Å². The Hall–Kier alpha value is -3.02. The lowest BCUT2D eigenvalue weighted by molar-refractivity contribution is 0.0906. The standard InChI is InChI=1S/C19H22N2O4/c1-3-24-17-11-7-10-16(12-17)18(22)20-21-19(23)25-13-14(2)15-8-5-4-6-9-15/h4-12,14H,3,13H2,1-2H3,(H,20,22)(H,21,23). The van der Waals surface area contributed by atoms with Crippen LogP contribution in [-0.4, -0.2) is 25.2 Å². The van der Waals surface area contributed by atoms with Gasteiger partial charge in [0.05, 0.1) is 13.2 Å². The summed E-state index contributed by atoms with van der Waals surface area (Å²) in [6.45, 7) is 4.54. The summed E-state index contributed by atoms with van der Waals surface area (Å²) in [7, 11) is 0. The maximum atomic E-state index is 12.0. The summed E-state index contributed by atoms with van der Waals surface area (Å²) in [6, 6.07) is 16.4. The zero-order valence-electron chi connectivity index (χ0n) is 14.3. The van der Waals surface area contributed by atoms with Gasteiger partial charge in [-0.05, 0) is 30.7 Å². The third kappa shape index (κ3) is 5.84. The first-order chi connectivity index (χ1) is 12.1. The maximum absolute atomic E-state index is 12.0. The van der Waals surface area contributed by atoms with Crippen molar-refractivity contribution in [2.75, 3.05) is 13.2 Å². The van der Waals surface area contributed by atoms with Crippen LogP contribution >= 0.6 is 0 Å². The molecule has 0 radical (unpaired) electrons. The smallest absolute Gasteiger partial charge is 0.426 e. The summed E-state index contributed by atoms with van der Waals surface area (Å²) in [4.78, 5) is 23.7. The SMILES string of the molecule is CCOc1cccc(C(=O)NNC(=O)OCC(C)c2ccccc2)c1. The van der Waals surface area contributed by atoms with Gasteiger partial charge in [-0.2, -0.15) is 0 Å². The van der Waals surface area contributed by atoms with Gasteiger partial charge in [0.1, 0.15) is 5.75 Å². The highest BCUT2D eigenvalue weighted by molar-refractivity contribution is 5.95. The van der Waals surface area contributed by atoms with Crippen molar-refractivity contribution < 1.29 is 19.1 Å². The van der Waals surface area contributed by atoms with Crippen LogP contribution in [0.5, 0.6) is 5.75 Å². The Balaban J connectivity index is 1.77. The van der Waals surface area contributed by atoms with Crippen LogP contribution in [0.4, 0.5) is 4.79 Å². The van der Waals surface area contributed by atoms with Crippen LogP contribution in [0.3, 0.4) is 0 Å². The van der Waals surface area contributed by atoms with Crippen LogP contribution in [0.1, 0.15) is 35.7 Å². The van der Waals surface area contributed by atoms with E-state index in [1.807, 2.05) is 44.2 Å². The Kier molecular flexibility index (Phi) is 6.83. The number of carbonyl (C=O) groups excluding carboxylic acids is 2. The summed E-state index contributed by atoms with van der Waals surface area (Å²) in [5, 5.41) is 0. The molecule has 6 nitrogen and oxygen atoms in total. The van der Waals surface area contributed by atoms with E-state index in [9.17, 15) is 9.59 Å². The number of carbonyl (C=O) groups is 2. The Morgan fingerprint density at radius 3 is 2.52 bits per heavy atom. The minimum Gasteiger partial charge on any atom is -0.494 e. The minimum atomic E-state index is -0.711. The molecular weight excluding hydrogens is 320 g/mol. The van der Waals surface area contributed by atoms with Crippen molar-refractivity contribution in [2.24, 2.45) is 0 Å². The first-order valence-corrected chi connectivity index (χ1v) is 8.11. The molecule has 6 heteroatoms. The summed E-state index contributed by atoms with van der Waals surface area (Å²) in [5.74, 6) is 0.203. The second-order valence-electron chi connectivity index (χ2n) is 5.45. The Bertz CT molecular complexity index is 704. The summed E-state index contributed by atoms with van der Waals surface area (Å²) in [5.41, 5.74) is 6.00. The second-order valence-corrected chi connectivity index (χ2v) is 5.45. The molecule has 2 N–H and O–H groups in total. The first-order valence-electron chi connectivity index (χ1n) is 8.11. The number of benzene rings is 2. The normalized spacial score (nSPS) is 11.3. The van der Waals surface area contributed by atoms with Crippen LogP contribution in [-0.2, 0) is 4.74 Å². The lowest BCUT2D eigenvalue weighted by atomic mass is 10.0. The van der Waals surface area contributed by atoms with Gasteiger partial charge in [-0.15, -0.1) is 0 Å². The predicted molar refractivity (Wildman–Crippen MR) is 94.4 cm³/mol. The average Bonchev–Trinajstić information content (AvgIpc) is 2.65. The van der Waals surface area contributed by atoms with Crippen molar-refractivity contribution in [1.82, 2.24) is 10.9 Å². The molecule has 25 heavy (non-hydrogen) atoms. The number of hydrazine groups is 1. The molecule has 0 saturated carbocycles. The fraction of sp³-hybridized carbons (Fsp3) is 0.263. The first kappa shape index (κ1) is 18.3. The number of ether oxygens (including phenoxy) is 2. The Morgan fingerprint density at radius 2 is 1.80 bits per heavy atom. The van der Waals surface area contributed by atoms with E-state index in [2.05, 4.69) is 10.9 Å². The third-order valence-corrected chi connectivity index (χ3v) is 3.52. The van der Waals surface area contributed by atoms with Crippen LogP contribution in [0.2, 0.25) is 0 Å². The van der Waals surface area contributed by atoms with Crippen LogP contribution in [0.25, 0.3) is 0 Å². The number of hydrogen-bond donors (Lipinski definition) is 2. The number of hydrogen-bond acceptors (Lipinski definition) is 4. The fourth-order valence-electron chi connectivity index (χ4n) is 2.19. The molecule has 0 bridgehead atoms. The number of amides is 2. The fourth-order valence-corrected chi connectivity index (χ4v) is 2.19. The molecule has 2 rings (SSSR count). The molecule has 0 spiro atoms. The van der Waals surface area contributed by atoms with Crippen molar-refractivity contribution in [3.63, 3.8) is 0 Å². The lowest BCUT2D eigenvalue weighted by Crippen LogP contribution is -2.42. The molecule has 0 aliphatic heterocycles. The van der Waals surface area contributed by atoms with Crippen LogP contribution in [0.15, 0.2) is 54.6 Å². The van der Waals surface area contributed by atoms with Gasteiger partial charge in [0, 0.05) is 11.5 Å². The largest absolute Gasteiger partial charge is 0.494 e. The molecule has 0 aliphatic carbocycles. The molecule has 2 amide bonds. The van der Waals surface area contributed by atoms with Crippen LogP contribution < -0.4 is 15.6 Å². The second kappa shape index (κ2) is 9.32. The topological polar surface area (TPSA) is 76.7 Å². The average molecular weight is 342 g/mol. The zero-order valence-corrected chi connectivity index (χ0v) is 14.3. The minimum absolute atomic E-state index is 0.0607. The molecule has 0 fully saturated rings. The van der Waals surface area contributed by atoms with E-state index in [1.165, 1.54) is 0 Å². The van der Waals surface area contributed by atoms with Crippen molar-refractivity contribution in [1.29, 1.82) is 0 Å². The van der Waals surface area contributed by atoms with E-state index in [1.54, 1.807) is 24.3 Å². The van der Waals surface area contributed by atoms with Gasteiger partial charge in [0.25, 0.3) is 5.91 Å². The molecule has 2 aromatic carbocycles. The third-order valence-electron chi connectivity index (χ3n) is 3.52. The molecule has 0 aromatic heterocycles. The van der Waals surface area contributed by atoms with E-state index in [4.69, 9.17) is 9.47 Å². The Labute approximate surface area is 147 Å². The van der Waals surface area contributed by atoms with Crippen molar-refractivity contribution >= 4 is 12.0 Å². The zero-order chi connectivity index (χ0) is 18.1. The highest BCUT2D eigenvalue weighted by Crippen LogP contribution is 2.15. The van der Waals surface area contributed by atoms with Gasteiger partial charge in [-0.3, -0.25) is 10.2 Å². The number of nitrogens with one attached hydrogen (secondary N) is 2. The van der Waals surface area contributed by atoms with Crippen LogP contribution in [0, 0.1) is 0 Å². The molecular formula is C19H22N2O4. The predicted octanol–water partition coefficient (Wildman–Crippen LogP) is 3.26. The van der Waals surface area contributed by atoms with Gasteiger partial charge in [0.15, 0.2) is 0 Å². The molecule has 0 heterocycles. The van der Waals surface area contributed by atoms with E-state index in [0.717, 1.165) is 5.56 Å². The maximum Gasteiger partial charge on any atom is 0.426 e. The highest BCUT2D eigenvalue weighted by Gasteiger charge is 2.11. The van der Waals surface area contributed by atoms with Gasteiger partial charge in [-0.1, -0.05) is 43.3 Å². The van der Waals surface area contributed by atoms with E-state index in [-0.39, 0.29) is 12.5 Å². The van der Waals surface area contributed by atoms with Gasteiger partial charge < -0.3 is 9.47 Å².